The molecule has 0 saturated carbocycles. The van der Waals surface area contributed by atoms with E-state index in [0.29, 0.717) is 16.8 Å². The van der Waals surface area contributed by atoms with Crippen LogP contribution in [0.25, 0.3) is 5.78 Å². The van der Waals surface area contributed by atoms with Gasteiger partial charge >= 0.3 is 0 Å². The zero-order valence-electron chi connectivity index (χ0n) is 9.97. The van der Waals surface area contributed by atoms with Gasteiger partial charge in [-0.2, -0.15) is 19.6 Å². The first-order valence-corrected chi connectivity index (χ1v) is 6.24. The molecular formula is C11H13ClN4O2. The quantitative estimate of drug-likeness (QED) is 0.775. The van der Waals surface area contributed by atoms with Gasteiger partial charge in [-0.05, 0) is 6.92 Å². The molecular weight excluding hydrogens is 256 g/mol. The van der Waals surface area contributed by atoms with Crippen LogP contribution in [0.15, 0.2) is 6.33 Å². The molecule has 7 heteroatoms. The maximum absolute atomic E-state index is 6.07. The molecule has 6 nitrogen and oxygen atoms in total. The lowest BCUT2D eigenvalue weighted by atomic mass is 10.1. The van der Waals surface area contributed by atoms with Crippen LogP contribution in [-0.4, -0.2) is 38.9 Å². The summed E-state index contributed by atoms with van der Waals surface area (Å²) < 4.78 is 12.9. The van der Waals surface area contributed by atoms with E-state index >= 15 is 0 Å². The summed E-state index contributed by atoms with van der Waals surface area (Å²) in [4.78, 5) is 8.17. The van der Waals surface area contributed by atoms with E-state index < -0.39 is 0 Å². The number of rotatable bonds is 2. The number of hydrogen-bond acceptors (Lipinski definition) is 5. The van der Waals surface area contributed by atoms with E-state index in [1.165, 1.54) is 6.33 Å². The highest BCUT2D eigenvalue weighted by atomic mass is 35.5. The van der Waals surface area contributed by atoms with E-state index in [0.717, 1.165) is 31.6 Å². The van der Waals surface area contributed by atoms with Gasteiger partial charge in [0.05, 0.1) is 13.2 Å². The van der Waals surface area contributed by atoms with E-state index in [-0.39, 0.29) is 6.10 Å². The van der Waals surface area contributed by atoms with Crippen LogP contribution < -0.4 is 4.74 Å². The molecule has 3 heterocycles. The Morgan fingerprint density at radius 2 is 2.22 bits per heavy atom. The van der Waals surface area contributed by atoms with Gasteiger partial charge < -0.3 is 9.47 Å². The molecule has 3 rings (SSSR count). The van der Waals surface area contributed by atoms with E-state index in [1.54, 1.807) is 4.52 Å². The van der Waals surface area contributed by atoms with Gasteiger partial charge in [-0.3, -0.25) is 0 Å². The van der Waals surface area contributed by atoms with Crippen molar-refractivity contribution in [3.05, 3.63) is 17.0 Å². The number of nitrogens with zero attached hydrogens (tertiary/aromatic N) is 4. The molecule has 0 unspecified atom stereocenters. The van der Waals surface area contributed by atoms with Gasteiger partial charge in [-0.1, -0.05) is 11.6 Å². The summed E-state index contributed by atoms with van der Waals surface area (Å²) in [6.07, 6.45) is 3.31. The lowest BCUT2D eigenvalue weighted by Crippen LogP contribution is -2.27. The van der Waals surface area contributed by atoms with Crippen molar-refractivity contribution in [3.63, 3.8) is 0 Å². The molecule has 0 bridgehead atoms. The smallest absolute Gasteiger partial charge is 0.256 e. The van der Waals surface area contributed by atoms with E-state index in [9.17, 15) is 0 Å². The fraction of sp³-hybridized carbons (Fsp3) is 0.545. The molecule has 0 aliphatic carbocycles. The van der Waals surface area contributed by atoms with Crippen molar-refractivity contribution in [3.8, 4) is 5.88 Å². The fourth-order valence-electron chi connectivity index (χ4n) is 1.96. The molecule has 1 fully saturated rings. The Morgan fingerprint density at radius 1 is 1.44 bits per heavy atom. The molecule has 0 N–H and O–H groups in total. The lowest BCUT2D eigenvalue weighted by molar-refractivity contribution is 0.0224. The molecule has 0 aromatic carbocycles. The minimum Gasteiger partial charge on any atom is -0.474 e. The Kier molecular flexibility index (Phi) is 3.05. The van der Waals surface area contributed by atoms with Gasteiger partial charge in [-0.15, -0.1) is 0 Å². The number of ether oxygens (including phenoxy) is 2. The minimum absolute atomic E-state index is 0.128. The summed E-state index contributed by atoms with van der Waals surface area (Å²) in [5.74, 6) is 1.07. The van der Waals surface area contributed by atoms with Crippen molar-refractivity contribution in [2.45, 2.75) is 25.9 Å². The van der Waals surface area contributed by atoms with Crippen LogP contribution in [0.4, 0.5) is 0 Å². The zero-order valence-corrected chi connectivity index (χ0v) is 10.7. The predicted molar refractivity (Wildman–Crippen MR) is 65.0 cm³/mol. The second-order valence-corrected chi connectivity index (χ2v) is 4.59. The van der Waals surface area contributed by atoms with Crippen molar-refractivity contribution >= 4 is 17.4 Å². The van der Waals surface area contributed by atoms with Gasteiger partial charge in [0.15, 0.2) is 0 Å². The Bertz CT molecular complexity index is 565. The maximum Gasteiger partial charge on any atom is 0.256 e. The highest BCUT2D eigenvalue weighted by molar-refractivity contribution is 6.30. The second-order valence-electron chi connectivity index (χ2n) is 4.23. The van der Waals surface area contributed by atoms with Gasteiger partial charge in [0, 0.05) is 18.4 Å². The van der Waals surface area contributed by atoms with Crippen LogP contribution in [0.1, 0.15) is 18.4 Å². The Labute approximate surface area is 109 Å². The summed E-state index contributed by atoms with van der Waals surface area (Å²) in [6, 6.07) is 0. The number of aromatic nitrogens is 4. The molecule has 0 atom stereocenters. The van der Waals surface area contributed by atoms with Crippen molar-refractivity contribution in [1.82, 2.24) is 19.6 Å². The van der Waals surface area contributed by atoms with Crippen LogP contribution in [0.3, 0.4) is 0 Å². The van der Waals surface area contributed by atoms with Gasteiger partial charge in [-0.25, -0.2) is 0 Å². The second kappa shape index (κ2) is 4.70. The summed E-state index contributed by atoms with van der Waals surface area (Å²) in [5.41, 5.74) is 0.779. The third kappa shape index (κ3) is 2.02. The normalized spacial score (nSPS) is 17.2. The molecule has 18 heavy (non-hydrogen) atoms. The highest BCUT2D eigenvalue weighted by Crippen LogP contribution is 2.26. The third-order valence-electron chi connectivity index (χ3n) is 3.00. The molecule has 96 valence electrons. The number of halogens is 1. The Hall–Kier alpha value is -1.40. The van der Waals surface area contributed by atoms with Crippen molar-refractivity contribution in [2.75, 3.05) is 13.2 Å². The summed E-state index contributed by atoms with van der Waals surface area (Å²) >= 11 is 6.07. The SMILES string of the molecule is Cc1c(Cl)nc2ncnn2c1OC1CCOCC1. The zero-order chi connectivity index (χ0) is 12.5. The van der Waals surface area contributed by atoms with Crippen LogP contribution in [0.5, 0.6) is 5.88 Å². The van der Waals surface area contributed by atoms with Crippen molar-refractivity contribution in [2.24, 2.45) is 0 Å². The highest BCUT2D eigenvalue weighted by Gasteiger charge is 2.20. The lowest BCUT2D eigenvalue weighted by Gasteiger charge is -2.24. The molecule has 0 spiro atoms. The van der Waals surface area contributed by atoms with E-state index in [4.69, 9.17) is 21.1 Å². The minimum atomic E-state index is 0.128. The molecule has 1 aliphatic rings. The number of hydrogen-bond donors (Lipinski definition) is 0. The van der Waals surface area contributed by atoms with Crippen molar-refractivity contribution in [1.29, 1.82) is 0 Å². The van der Waals surface area contributed by atoms with Gasteiger partial charge in [0.1, 0.15) is 17.6 Å². The Morgan fingerprint density at radius 3 is 3.00 bits per heavy atom. The van der Waals surface area contributed by atoms with Crippen molar-refractivity contribution < 1.29 is 9.47 Å². The largest absolute Gasteiger partial charge is 0.474 e. The summed E-state index contributed by atoms with van der Waals surface area (Å²) in [6.45, 7) is 3.32. The first-order chi connectivity index (χ1) is 8.75. The maximum atomic E-state index is 6.07. The van der Waals surface area contributed by atoms with Crippen LogP contribution in [0.2, 0.25) is 5.15 Å². The van der Waals surface area contributed by atoms with Crippen LogP contribution in [-0.2, 0) is 4.74 Å². The molecule has 2 aromatic rings. The van der Waals surface area contributed by atoms with E-state index in [2.05, 4.69) is 15.1 Å². The van der Waals surface area contributed by atoms with E-state index in [1.807, 2.05) is 6.92 Å². The molecule has 2 aromatic heterocycles. The monoisotopic (exact) mass is 268 g/mol. The van der Waals surface area contributed by atoms with Crippen LogP contribution >= 0.6 is 11.6 Å². The first-order valence-electron chi connectivity index (χ1n) is 5.86. The molecule has 0 radical (unpaired) electrons. The summed E-state index contributed by atoms with van der Waals surface area (Å²) in [7, 11) is 0. The van der Waals surface area contributed by atoms with Gasteiger partial charge in [0.25, 0.3) is 5.78 Å². The average molecular weight is 269 g/mol. The Balaban J connectivity index is 1.98. The number of fused-ring (bicyclic) bond motifs is 1. The fourth-order valence-corrected chi connectivity index (χ4v) is 2.12. The topological polar surface area (TPSA) is 61.5 Å². The molecule has 1 saturated heterocycles. The van der Waals surface area contributed by atoms with Gasteiger partial charge in [0.2, 0.25) is 5.88 Å². The molecule has 0 amide bonds. The van der Waals surface area contributed by atoms with Crippen LogP contribution in [0, 0.1) is 6.92 Å². The summed E-state index contributed by atoms with van der Waals surface area (Å²) in [5, 5.41) is 4.51. The average Bonchev–Trinajstić information content (AvgIpc) is 2.84. The third-order valence-corrected chi connectivity index (χ3v) is 3.37. The first kappa shape index (κ1) is 11.7. The predicted octanol–water partition coefficient (Wildman–Crippen LogP) is 1.64. The standard InChI is InChI=1S/C11H13ClN4O2/c1-7-9(12)15-11-13-6-14-16(11)10(7)18-8-2-4-17-5-3-8/h6,8H,2-5H2,1H3. The molecule has 1 aliphatic heterocycles.